The van der Waals surface area contributed by atoms with Gasteiger partial charge >= 0.3 is 5.97 Å². The third-order valence-electron chi connectivity index (χ3n) is 5.86. The first-order chi connectivity index (χ1) is 16.5. The van der Waals surface area contributed by atoms with Crippen LogP contribution in [-0.2, 0) is 9.53 Å². The molecule has 0 radical (unpaired) electrons. The molecule has 1 atom stereocenters. The maximum Gasteiger partial charge on any atom is 0.338 e. The summed E-state index contributed by atoms with van der Waals surface area (Å²) < 4.78 is 7.54. The molecule has 0 fully saturated rings. The first-order valence-electron chi connectivity index (χ1n) is 10.9. The predicted octanol–water partition coefficient (Wildman–Crippen LogP) is 4.00. The van der Waals surface area contributed by atoms with Crippen molar-refractivity contribution in [2.75, 3.05) is 12.9 Å². The molecular formula is C26H23N3O3S2. The van der Waals surface area contributed by atoms with Crippen LogP contribution in [0.4, 0.5) is 0 Å². The van der Waals surface area contributed by atoms with E-state index in [1.54, 1.807) is 30.2 Å². The van der Waals surface area contributed by atoms with Crippen molar-refractivity contribution in [2.45, 2.75) is 24.8 Å². The zero-order chi connectivity index (χ0) is 23.8. The Morgan fingerprint density at radius 3 is 2.74 bits per heavy atom. The van der Waals surface area contributed by atoms with Gasteiger partial charge in [-0.2, -0.15) is 0 Å². The molecule has 0 aliphatic carbocycles. The van der Waals surface area contributed by atoms with Crippen LogP contribution >= 0.6 is 23.1 Å². The van der Waals surface area contributed by atoms with Crippen LogP contribution in [0.15, 0.2) is 80.7 Å². The van der Waals surface area contributed by atoms with Crippen LogP contribution in [-0.4, -0.2) is 28.4 Å². The molecule has 1 N–H and O–H groups in total. The Kier molecular flexibility index (Phi) is 6.02. The first-order valence-corrected chi connectivity index (χ1v) is 13.0. The topological polar surface area (TPSA) is 76.4 Å². The number of hydrogen-bond acceptors (Lipinski definition) is 6. The molecule has 5 rings (SSSR count). The Labute approximate surface area is 204 Å². The van der Waals surface area contributed by atoms with Gasteiger partial charge in [0.1, 0.15) is 0 Å². The number of esters is 1. The van der Waals surface area contributed by atoms with E-state index in [1.807, 2.05) is 67.1 Å². The summed E-state index contributed by atoms with van der Waals surface area (Å²) in [6.07, 6.45) is 5.80. The molecule has 0 saturated heterocycles. The quantitative estimate of drug-likeness (QED) is 0.340. The molecule has 0 saturated carbocycles. The highest BCUT2D eigenvalue weighted by atomic mass is 32.2. The van der Waals surface area contributed by atoms with Gasteiger partial charge in [-0.3, -0.25) is 9.36 Å². The van der Waals surface area contributed by atoms with Crippen LogP contribution in [0.5, 0.6) is 0 Å². The molecule has 8 heteroatoms. The van der Waals surface area contributed by atoms with Crippen LogP contribution in [0.3, 0.4) is 0 Å². The minimum absolute atomic E-state index is 0.178. The summed E-state index contributed by atoms with van der Waals surface area (Å²) in [6.45, 7) is 3.82. The summed E-state index contributed by atoms with van der Waals surface area (Å²) in [5, 5.41) is 1.04. The molecular weight excluding hydrogens is 466 g/mol. The number of benzene rings is 2. The second-order valence-electron chi connectivity index (χ2n) is 7.87. The van der Waals surface area contributed by atoms with Crippen molar-refractivity contribution in [3.63, 3.8) is 0 Å². The molecule has 6 nitrogen and oxygen atoms in total. The fourth-order valence-corrected chi connectivity index (χ4v) is 5.69. The van der Waals surface area contributed by atoms with Crippen molar-refractivity contribution in [3.05, 3.63) is 96.8 Å². The van der Waals surface area contributed by atoms with E-state index in [4.69, 9.17) is 4.74 Å². The van der Waals surface area contributed by atoms with Crippen LogP contribution in [0.25, 0.3) is 17.0 Å². The summed E-state index contributed by atoms with van der Waals surface area (Å²) in [4.78, 5) is 36.3. The largest absolute Gasteiger partial charge is 0.463 e. The molecule has 4 aromatic rings. The summed E-state index contributed by atoms with van der Waals surface area (Å²) in [5.41, 5.74) is 3.57. The second-order valence-corrected chi connectivity index (χ2v) is 9.75. The van der Waals surface area contributed by atoms with E-state index in [0.717, 1.165) is 26.9 Å². The van der Waals surface area contributed by atoms with Gasteiger partial charge in [0.15, 0.2) is 4.80 Å². The van der Waals surface area contributed by atoms with E-state index in [9.17, 15) is 9.59 Å². The minimum atomic E-state index is -0.601. The van der Waals surface area contributed by atoms with E-state index in [2.05, 4.69) is 9.98 Å². The number of fused-ring (bicyclic) bond motifs is 2. The summed E-state index contributed by atoms with van der Waals surface area (Å²) in [7, 11) is 0. The van der Waals surface area contributed by atoms with Crippen molar-refractivity contribution in [1.82, 2.24) is 9.55 Å². The summed E-state index contributed by atoms with van der Waals surface area (Å²) in [6, 6.07) is 15.3. The zero-order valence-corrected chi connectivity index (χ0v) is 20.6. The SMILES string of the molecule is CCOC(=O)C1=C(C)N=c2sc(=Cc3c[nH]c4ccccc34)c(=O)n2C1c1ccc(SC)cc1. The average molecular weight is 490 g/mol. The van der Waals surface area contributed by atoms with Crippen LogP contribution in [0.1, 0.15) is 31.0 Å². The van der Waals surface area contributed by atoms with Gasteiger partial charge in [-0.25, -0.2) is 9.79 Å². The number of aromatic nitrogens is 2. The Balaban J connectivity index is 1.73. The lowest BCUT2D eigenvalue weighted by Crippen LogP contribution is -2.39. The number of nitrogens with zero attached hydrogens (tertiary/aromatic N) is 2. The fraction of sp³-hybridized carbons (Fsp3) is 0.192. The van der Waals surface area contributed by atoms with Gasteiger partial charge in [-0.15, -0.1) is 11.8 Å². The summed E-state index contributed by atoms with van der Waals surface area (Å²) >= 11 is 2.97. The Morgan fingerprint density at radius 1 is 1.24 bits per heavy atom. The van der Waals surface area contributed by atoms with Gasteiger partial charge in [0, 0.05) is 27.6 Å². The Morgan fingerprint density at radius 2 is 2.00 bits per heavy atom. The van der Waals surface area contributed by atoms with Crippen molar-refractivity contribution in [2.24, 2.45) is 4.99 Å². The van der Waals surface area contributed by atoms with Gasteiger partial charge in [-0.05, 0) is 49.9 Å². The highest BCUT2D eigenvalue weighted by Crippen LogP contribution is 2.31. The van der Waals surface area contributed by atoms with E-state index < -0.39 is 12.0 Å². The number of allylic oxidation sites excluding steroid dienone is 1. The molecule has 1 unspecified atom stereocenters. The van der Waals surface area contributed by atoms with E-state index in [0.29, 0.717) is 20.6 Å². The lowest BCUT2D eigenvalue weighted by atomic mass is 9.96. The maximum atomic E-state index is 13.7. The van der Waals surface area contributed by atoms with Gasteiger partial charge < -0.3 is 9.72 Å². The number of thiazole rings is 1. The lowest BCUT2D eigenvalue weighted by molar-refractivity contribution is -0.139. The minimum Gasteiger partial charge on any atom is -0.463 e. The van der Waals surface area contributed by atoms with Crippen molar-refractivity contribution < 1.29 is 9.53 Å². The van der Waals surface area contributed by atoms with Gasteiger partial charge in [-0.1, -0.05) is 41.7 Å². The molecule has 2 aromatic heterocycles. The van der Waals surface area contributed by atoms with Gasteiger partial charge in [0.05, 0.1) is 28.5 Å². The van der Waals surface area contributed by atoms with Crippen LogP contribution < -0.4 is 14.9 Å². The van der Waals surface area contributed by atoms with Gasteiger partial charge in [0.25, 0.3) is 5.56 Å². The van der Waals surface area contributed by atoms with Crippen LogP contribution in [0, 0.1) is 0 Å². The highest BCUT2D eigenvalue weighted by Gasteiger charge is 2.33. The molecule has 3 heterocycles. The lowest BCUT2D eigenvalue weighted by Gasteiger charge is -2.24. The number of hydrogen-bond donors (Lipinski definition) is 1. The Bertz CT molecular complexity index is 1610. The van der Waals surface area contributed by atoms with E-state index in [1.165, 1.54) is 11.3 Å². The predicted molar refractivity (Wildman–Crippen MR) is 137 cm³/mol. The number of ether oxygens (including phenoxy) is 1. The second kappa shape index (κ2) is 9.12. The molecule has 172 valence electrons. The Hall–Kier alpha value is -3.36. The molecule has 1 aliphatic rings. The van der Waals surface area contributed by atoms with Crippen molar-refractivity contribution in [3.8, 4) is 0 Å². The number of carbonyl (C=O) groups excluding carboxylic acids is 1. The normalized spacial score (nSPS) is 16.0. The van der Waals surface area contributed by atoms with Crippen LogP contribution in [0.2, 0.25) is 0 Å². The molecule has 0 amide bonds. The third kappa shape index (κ3) is 3.82. The highest BCUT2D eigenvalue weighted by molar-refractivity contribution is 7.98. The monoisotopic (exact) mass is 489 g/mol. The number of aromatic amines is 1. The van der Waals surface area contributed by atoms with Gasteiger partial charge in [0.2, 0.25) is 0 Å². The zero-order valence-electron chi connectivity index (χ0n) is 19.0. The average Bonchev–Trinajstić information content (AvgIpc) is 3.39. The number of H-pyrrole nitrogens is 1. The third-order valence-corrected chi connectivity index (χ3v) is 7.58. The number of carbonyl (C=O) groups is 1. The number of thioether (sulfide) groups is 1. The maximum absolute atomic E-state index is 13.7. The van der Waals surface area contributed by atoms with Crippen molar-refractivity contribution in [1.29, 1.82) is 0 Å². The molecule has 34 heavy (non-hydrogen) atoms. The molecule has 1 aliphatic heterocycles. The van der Waals surface area contributed by atoms with Crippen molar-refractivity contribution >= 4 is 46.0 Å². The smallest absolute Gasteiger partial charge is 0.338 e. The summed E-state index contributed by atoms with van der Waals surface area (Å²) in [5.74, 6) is -0.450. The number of rotatable bonds is 5. The van der Waals surface area contributed by atoms with E-state index >= 15 is 0 Å². The van der Waals surface area contributed by atoms with E-state index in [-0.39, 0.29) is 12.2 Å². The standard InChI is InChI=1S/C26H23N3O3S2/c1-4-32-25(31)22-15(2)28-26-29(23(22)16-9-11-18(33-3)12-10-16)24(30)21(34-26)13-17-14-27-20-8-6-5-7-19(17)20/h5-14,23,27H,4H2,1-3H3. The number of para-hydroxylation sites is 1. The molecule has 0 bridgehead atoms. The number of nitrogens with one attached hydrogen (secondary N) is 1. The fourth-order valence-electron chi connectivity index (χ4n) is 4.25. The first kappa shape index (κ1) is 22.4. The molecule has 0 spiro atoms. The molecule has 2 aromatic carbocycles.